The van der Waals surface area contributed by atoms with Gasteiger partial charge in [-0.1, -0.05) is 35.7 Å². The quantitative estimate of drug-likeness (QED) is 0.771. The molecule has 2 fully saturated rings. The van der Waals surface area contributed by atoms with Crippen molar-refractivity contribution >= 4 is 35.1 Å². The van der Waals surface area contributed by atoms with Crippen molar-refractivity contribution in [3.8, 4) is 0 Å². The minimum Gasteiger partial charge on any atom is -0.456 e. The predicted octanol–water partition coefficient (Wildman–Crippen LogP) is 3.98. The summed E-state index contributed by atoms with van der Waals surface area (Å²) in [6.07, 6.45) is 5.40. The Bertz CT molecular complexity index is 635. The highest BCUT2D eigenvalue weighted by Crippen LogP contribution is 2.49. The van der Waals surface area contributed by atoms with Crippen molar-refractivity contribution in [1.29, 1.82) is 0 Å². The molecule has 1 N–H and O–H groups in total. The lowest BCUT2D eigenvalue weighted by Crippen LogP contribution is -2.29. The summed E-state index contributed by atoms with van der Waals surface area (Å²) in [5.74, 6) is 1.34. The number of nitrogens with one attached hydrogen (secondary N) is 1. The van der Waals surface area contributed by atoms with Gasteiger partial charge in [-0.15, -0.1) is 0 Å². The maximum Gasteiger partial charge on any atom is 0.306 e. The van der Waals surface area contributed by atoms with Gasteiger partial charge in [-0.3, -0.25) is 9.59 Å². The highest BCUT2D eigenvalue weighted by Gasteiger charge is 2.40. The van der Waals surface area contributed by atoms with E-state index in [1.165, 1.54) is 19.3 Å². The Labute approximate surface area is 151 Å². The molecule has 2 bridgehead atoms. The van der Waals surface area contributed by atoms with E-state index in [1.807, 2.05) is 0 Å². The normalized spacial score (nSPS) is 24.8. The van der Waals surface area contributed by atoms with Crippen molar-refractivity contribution < 1.29 is 14.3 Å². The number of amides is 1. The molecule has 0 unspecified atom stereocenters. The highest BCUT2D eigenvalue weighted by atomic mass is 35.5. The Morgan fingerprint density at radius 2 is 2.04 bits per heavy atom. The number of hydrogen-bond donors (Lipinski definition) is 1. The van der Waals surface area contributed by atoms with Gasteiger partial charge in [-0.25, -0.2) is 0 Å². The second-order valence-corrected chi connectivity index (χ2v) is 7.66. The molecule has 2 aliphatic rings. The molecule has 1 amide bonds. The lowest BCUT2D eigenvalue weighted by molar-refractivity contribution is -0.149. The molecular formula is C18H21Cl2NO3. The molecule has 4 nitrogen and oxygen atoms in total. The number of hydrogen-bond acceptors (Lipinski definition) is 3. The molecule has 3 rings (SSSR count). The first-order valence-corrected chi connectivity index (χ1v) is 9.13. The summed E-state index contributed by atoms with van der Waals surface area (Å²) in [7, 11) is 0. The number of halogens is 2. The Kier molecular flexibility index (Phi) is 5.67. The lowest BCUT2D eigenvalue weighted by Gasteiger charge is -2.20. The average molecular weight is 370 g/mol. The Morgan fingerprint density at radius 1 is 1.21 bits per heavy atom. The summed E-state index contributed by atoms with van der Waals surface area (Å²) >= 11 is 11.9. The minimum atomic E-state index is -0.331. The van der Waals surface area contributed by atoms with Gasteiger partial charge in [-0.05, 0) is 54.7 Å². The molecule has 2 aliphatic carbocycles. The zero-order valence-electron chi connectivity index (χ0n) is 13.4. The Balaban J connectivity index is 1.37. The van der Waals surface area contributed by atoms with Crippen molar-refractivity contribution in [2.24, 2.45) is 17.8 Å². The maximum absolute atomic E-state index is 11.9. The van der Waals surface area contributed by atoms with Crippen molar-refractivity contribution in [3.63, 3.8) is 0 Å². The van der Waals surface area contributed by atoms with E-state index < -0.39 is 0 Å². The minimum absolute atomic E-state index is 0.245. The number of fused-ring (bicyclic) bond motifs is 2. The molecular weight excluding hydrogens is 349 g/mol. The second kappa shape index (κ2) is 7.75. The SMILES string of the molecule is O=C(COC(=O)C[C@H]1C[C@H]2CC[C@@H]1C2)NCc1ccc(Cl)cc1Cl. The van der Waals surface area contributed by atoms with Crippen LogP contribution in [-0.2, 0) is 20.9 Å². The number of ether oxygens (including phenoxy) is 1. The van der Waals surface area contributed by atoms with Gasteiger partial charge in [0.2, 0.25) is 0 Å². The molecule has 0 aromatic heterocycles. The summed E-state index contributed by atoms with van der Waals surface area (Å²) in [6.45, 7) is 0.0314. The summed E-state index contributed by atoms with van der Waals surface area (Å²) in [5.41, 5.74) is 0.766. The monoisotopic (exact) mass is 369 g/mol. The zero-order valence-corrected chi connectivity index (χ0v) is 14.9. The largest absolute Gasteiger partial charge is 0.456 e. The van der Waals surface area contributed by atoms with Crippen molar-refractivity contribution in [2.45, 2.75) is 38.6 Å². The number of rotatable bonds is 6. The van der Waals surface area contributed by atoms with Gasteiger partial charge in [-0.2, -0.15) is 0 Å². The van der Waals surface area contributed by atoms with Gasteiger partial charge >= 0.3 is 5.97 Å². The molecule has 0 saturated heterocycles. The van der Waals surface area contributed by atoms with Crippen molar-refractivity contribution in [3.05, 3.63) is 33.8 Å². The van der Waals surface area contributed by atoms with E-state index in [-0.39, 0.29) is 25.0 Å². The summed E-state index contributed by atoms with van der Waals surface area (Å²) in [6, 6.07) is 5.09. The third-order valence-electron chi connectivity index (χ3n) is 5.17. The molecule has 0 heterocycles. The Hall–Kier alpha value is -1.26. The molecule has 0 radical (unpaired) electrons. The van der Waals surface area contributed by atoms with E-state index in [1.54, 1.807) is 18.2 Å². The van der Waals surface area contributed by atoms with Crippen LogP contribution < -0.4 is 5.32 Å². The number of esters is 1. The van der Waals surface area contributed by atoms with Gasteiger partial charge in [0.25, 0.3) is 5.91 Å². The van der Waals surface area contributed by atoms with Gasteiger partial charge in [0, 0.05) is 23.0 Å². The van der Waals surface area contributed by atoms with Gasteiger partial charge in [0.15, 0.2) is 6.61 Å². The van der Waals surface area contributed by atoms with E-state index in [2.05, 4.69) is 5.32 Å². The molecule has 130 valence electrons. The standard InChI is InChI=1S/C18H21Cl2NO3/c19-15-4-3-13(16(20)8-15)9-21-17(22)10-24-18(23)7-14-6-11-1-2-12(14)5-11/h3-4,8,11-12,14H,1-2,5-7,9-10H2,(H,21,22)/t11-,12+,14+/m0/s1. The number of carbonyl (C=O) groups is 2. The highest BCUT2D eigenvalue weighted by molar-refractivity contribution is 6.35. The first-order valence-electron chi connectivity index (χ1n) is 8.37. The molecule has 1 aromatic carbocycles. The average Bonchev–Trinajstić information content (AvgIpc) is 3.15. The van der Waals surface area contributed by atoms with Crippen LogP contribution in [0.2, 0.25) is 10.0 Å². The fourth-order valence-electron chi connectivity index (χ4n) is 3.96. The van der Waals surface area contributed by atoms with Gasteiger partial charge < -0.3 is 10.1 Å². The lowest BCUT2D eigenvalue weighted by atomic mass is 9.86. The summed E-state index contributed by atoms with van der Waals surface area (Å²) in [5, 5.41) is 3.73. The van der Waals surface area contributed by atoms with Crippen LogP contribution in [0.3, 0.4) is 0 Å². The number of carbonyl (C=O) groups excluding carboxylic acids is 2. The van der Waals surface area contributed by atoms with Crippen LogP contribution in [0.1, 0.15) is 37.7 Å². The van der Waals surface area contributed by atoms with Gasteiger partial charge in [0.1, 0.15) is 0 Å². The maximum atomic E-state index is 11.9. The van der Waals surface area contributed by atoms with E-state index in [9.17, 15) is 9.59 Å². The molecule has 1 aromatic rings. The molecule has 3 atom stereocenters. The fourth-order valence-corrected chi connectivity index (χ4v) is 4.43. The van der Waals surface area contributed by atoms with Crippen molar-refractivity contribution in [1.82, 2.24) is 5.32 Å². The molecule has 24 heavy (non-hydrogen) atoms. The first kappa shape index (κ1) is 17.6. The third kappa shape index (κ3) is 4.42. The molecule has 0 spiro atoms. The number of benzene rings is 1. The van der Waals surface area contributed by atoms with Crippen LogP contribution in [0.25, 0.3) is 0 Å². The van der Waals surface area contributed by atoms with E-state index in [4.69, 9.17) is 27.9 Å². The first-order chi connectivity index (χ1) is 11.5. The predicted molar refractivity (Wildman–Crippen MR) is 92.8 cm³/mol. The fraction of sp³-hybridized carbons (Fsp3) is 0.556. The molecule has 2 saturated carbocycles. The van der Waals surface area contributed by atoms with E-state index in [0.717, 1.165) is 17.9 Å². The van der Waals surface area contributed by atoms with Crippen LogP contribution in [0.15, 0.2) is 18.2 Å². The van der Waals surface area contributed by atoms with E-state index >= 15 is 0 Å². The van der Waals surface area contributed by atoms with E-state index in [0.29, 0.717) is 28.3 Å². The molecule has 0 aliphatic heterocycles. The van der Waals surface area contributed by atoms with Crippen LogP contribution in [0.5, 0.6) is 0 Å². The Morgan fingerprint density at radius 3 is 2.71 bits per heavy atom. The van der Waals surface area contributed by atoms with Crippen molar-refractivity contribution in [2.75, 3.05) is 6.61 Å². The van der Waals surface area contributed by atoms with Crippen LogP contribution in [0, 0.1) is 17.8 Å². The van der Waals surface area contributed by atoms with Crippen LogP contribution >= 0.6 is 23.2 Å². The summed E-state index contributed by atoms with van der Waals surface area (Å²) < 4.78 is 5.11. The van der Waals surface area contributed by atoms with Gasteiger partial charge in [0.05, 0.1) is 0 Å². The smallest absolute Gasteiger partial charge is 0.306 e. The molecule has 6 heteroatoms. The summed E-state index contributed by atoms with van der Waals surface area (Å²) in [4.78, 5) is 23.7. The third-order valence-corrected chi connectivity index (χ3v) is 5.76. The van der Waals surface area contributed by atoms with Crippen LogP contribution in [0.4, 0.5) is 0 Å². The zero-order chi connectivity index (χ0) is 17.1. The van der Waals surface area contributed by atoms with Crippen LogP contribution in [-0.4, -0.2) is 18.5 Å². The second-order valence-electron chi connectivity index (χ2n) is 6.81. The topological polar surface area (TPSA) is 55.4 Å².